The van der Waals surface area contributed by atoms with Gasteiger partial charge in [-0.1, -0.05) is 49.0 Å². The summed E-state index contributed by atoms with van der Waals surface area (Å²) in [4.78, 5) is 9.99. The van der Waals surface area contributed by atoms with Crippen molar-refractivity contribution in [1.29, 1.82) is 0 Å². The van der Waals surface area contributed by atoms with E-state index >= 15 is 0 Å². The number of rotatable bonds is 6. The van der Waals surface area contributed by atoms with E-state index in [9.17, 15) is 0 Å². The Labute approximate surface area is 187 Å². The number of aromatic nitrogens is 2. The zero-order chi connectivity index (χ0) is 21.9. The smallest absolute Gasteiger partial charge is 0.0914 e. The SMILES string of the molecule is C=C1NN=C(c2ccncc2)C=C1c1cc2ccc(CN(C)Cc3ccccc3)cc2[nH]1. The van der Waals surface area contributed by atoms with E-state index in [0.29, 0.717) is 0 Å². The van der Waals surface area contributed by atoms with Gasteiger partial charge in [-0.2, -0.15) is 5.10 Å². The Morgan fingerprint density at radius 2 is 1.69 bits per heavy atom. The Bertz CT molecular complexity index is 1320. The molecule has 0 spiro atoms. The second-order valence-corrected chi connectivity index (χ2v) is 8.14. The van der Waals surface area contributed by atoms with Crippen molar-refractivity contribution in [3.8, 4) is 0 Å². The highest BCUT2D eigenvalue weighted by atomic mass is 15.3. The molecule has 2 aromatic carbocycles. The summed E-state index contributed by atoms with van der Waals surface area (Å²) in [6.07, 6.45) is 5.61. The first kappa shape index (κ1) is 20.0. The lowest BCUT2D eigenvalue weighted by Gasteiger charge is -2.17. The Hall–Kier alpha value is -3.96. The number of aromatic amines is 1. The standard InChI is InChI=1S/C27H25N5/c1-19-24(16-26(31-30-19)22-10-12-28-13-11-22)27-15-23-9-8-21(14-25(23)29-27)18-32(2)17-20-6-4-3-5-7-20/h3-16,29-30H,1,17-18H2,2H3. The van der Waals surface area contributed by atoms with Crippen LogP contribution in [0.2, 0.25) is 0 Å². The number of fused-ring (bicyclic) bond motifs is 1. The first-order chi connectivity index (χ1) is 15.7. The molecule has 0 aliphatic carbocycles. The molecule has 5 nitrogen and oxygen atoms in total. The van der Waals surface area contributed by atoms with Crippen molar-refractivity contribution in [1.82, 2.24) is 20.3 Å². The zero-order valence-electron chi connectivity index (χ0n) is 18.0. The maximum atomic E-state index is 4.44. The number of allylic oxidation sites excluding steroid dienone is 2. The normalized spacial score (nSPS) is 13.8. The third-order valence-corrected chi connectivity index (χ3v) is 5.62. The molecule has 0 saturated carbocycles. The van der Waals surface area contributed by atoms with E-state index in [1.54, 1.807) is 12.4 Å². The van der Waals surface area contributed by atoms with Crippen LogP contribution in [0.1, 0.15) is 22.4 Å². The third kappa shape index (κ3) is 4.24. The molecule has 0 bridgehead atoms. The highest BCUT2D eigenvalue weighted by Gasteiger charge is 2.16. The molecular weight excluding hydrogens is 394 g/mol. The Kier molecular flexibility index (Phi) is 5.40. The van der Waals surface area contributed by atoms with Gasteiger partial charge in [0.25, 0.3) is 0 Å². The van der Waals surface area contributed by atoms with Gasteiger partial charge in [0.05, 0.1) is 11.4 Å². The van der Waals surface area contributed by atoms with Gasteiger partial charge >= 0.3 is 0 Å². The number of hydrazone groups is 1. The predicted octanol–water partition coefficient (Wildman–Crippen LogP) is 5.10. The number of hydrogen-bond acceptors (Lipinski definition) is 4. The van der Waals surface area contributed by atoms with Crippen LogP contribution in [0, 0.1) is 0 Å². The van der Waals surface area contributed by atoms with Gasteiger partial charge in [0.15, 0.2) is 0 Å². The quantitative estimate of drug-likeness (QED) is 0.457. The van der Waals surface area contributed by atoms with E-state index < -0.39 is 0 Å². The Morgan fingerprint density at radius 3 is 2.50 bits per heavy atom. The molecule has 3 heterocycles. The first-order valence-electron chi connectivity index (χ1n) is 10.7. The van der Waals surface area contributed by atoms with Crippen molar-refractivity contribution in [2.75, 3.05) is 7.05 Å². The molecule has 4 aromatic rings. The van der Waals surface area contributed by atoms with Crippen LogP contribution < -0.4 is 5.43 Å². The fourth-order valence-electron chi connectivity index (χ4n) is 4.04. The topological polar surface area (TPSA) is 56.3 Å². The van der Waals surface area contributed by atoms with Crippen molar-refractivity contribution in [2.24, 2.45) is 5.10 Å². The molecule has 1 aliphatic heterocycles. The molecule has 0 radical (unpaired) electrons. The van der Waals surface area contributed by atoms with Gasteiger partial charge in [0.2, 0.25) is 0 Å². The molecule has 5 rings (SSSR count). The van der Waals surface area contributed by atoms with Crippen molar-refractivity contribution >= 4 is 22.2 Å². The van der Waals surface area contributed by atoms with E-state index in [4.69, 9.17) is 0 Å². The minimum atomic E-state index is 0.775. The number of nitrogens with one attached hydrogen (secondary N) is 2. The van der Waals surface area contributed by atoms with E-state index in [1.165, 1.54) is 16.5 Å². The summed E-state index contributed by atoms with van der Waals surface area (Å²) in [5.41, 5.74) is 11.4. The average Bonchev–Trinajstić information content (AvgIpc) is 3.24. The Balaban J connectivity index is 1.38. The summed E-state index contributed by atoms with van der Waals surface area (Å²) < 4.78 is 0. The number of H-pyrrole nitrogens is 1. The van der Waals surface area contributed by atoms with Crippen molar-refractivity contribution in [3.05, 3.63) is 120 Å². The number of pyridine rings is 1. The summed E-state index contributed by atoms with van der Waals surface area (Å²) in [5, 5.41) is 5.61. The van der Waals surface area contributed by atoms with E-state index in [2.05, 4.69) is 99.7 Å². The summed E-state index contributed by atoms with van der Waals surface area (Å²) in [6.45, 7) is 5.95. The number of hydrogen-bond donors (Lipinski definition) is 2. The van der Waals surface area contributed by atoms with E-state index in [1.807, 2.05) is 12.1 Å². The van der Waals surface area contributed by atoms with E-state index in [-0.39, 0.29) is 0 Å². The highest BCUT2D eigenvalue weighted by molar-refractivity contribution is 6.14. The molecule has 5 heteroatoms. The molecule has 0 fully saturated rings. The summed E-state index contributed by atoms with van der Waals surface area (Å²) in [6, 6.07) is 23.2. The fourth-order valence-corrected chi connectivity index (χ4v) is 4.04. The lowest BCUT2D eigenvalue weighted by molar-refractivity contribution is 0.319. The second kappa shape index (κ2) is 8.65. The molecule has 0 amide bonds. The molecule has 0 atom stereocenters. The molecular formula is C27H25N5. The first-order valence-corrected chi connectivity index (χ1v) is 10.7. The van der Waals surface area contributed by atoms with Gasteiger partial charge in [-0.05, 0) is 48.5 Å². The van der Waals surface area contributed by atoms with Gasteiger partial charge in [0.1, 0.15) is 0 Å². The number of benzene rings is 2. The summed E-state index contributed by atoms with van der Waals surface area (Å²) in [5.74, 6) is 0. The largest absolute Gasteiger partial charge is 0.354 e. The second-order valence-electron chi connectivity index (χ2n) is 8.14. The van der Waals surface area contributed by atoms with Crippen molar-refractivity contribution in [3.63, 3.8) is 0 Å². The number of nitrogens with zero attached hydrogens (tertiary/aromatic N) is 3. The zero-order valence-corrected chi connectivity index (χ0v) is 18.0. The molecule has 158 valence electrons. The predicted molar refractivity (Wildman–Crippen MR) is 131 cm³/mol. The monoisotopic (exact) mass is 419 g/mol. The van der Waals surface area contributed by atoms with Crippen LogP contribution in [0.15, 0.2) is 103 Å². The fraction of sp³-hybridized carbons (Fsp3) is 0.111. The lowest BCUT2D eigenvalue weighted by atomic mass is 10.0. The van der Waals surface area contributed by atoms with Gasteiger partial charge in [0, 0.05) is 53.2 Å². The van der Waals surface area contributed by atoms with Crippen molar-refractivity contribution < 1.29 is 0 Å². The molecule has 0 saturated heterocycles. The van der Waals surface area contributed by atoms with Crippen LogP contribution in [0.4, 0.5) is 0 Å². The molecule has 2 N–H and O–H groups in total. The van der Waals surface area contributed by atoms with Crippen LogP contribution >= 0.6 is 0 Å². The summed E-state index contributed by atoms with van der Waals surface area (Å²) in [7, 11) is 2.15. The maximum Gasteiger partial charge on any atom is 0.0914 e. The third-order valence-electron chi connectivity index (χ3n) is 5.62. The molecule has 0 unspecified atom stereocenters. The molecule has 1 aliphatic rings. The van der Waals surface area contributed by atoms with Gasteiger partial charge < -0.3 is 4.98 Å². The Morgan fingerprint density at radius 1 is 0.906 bits per heavy atom. The minimum Gasteiger partial charge on any atom is -0.354 e. The highest BCUT2D eigenvalue weighted by Crippen LogP contribution is 2.28. The van der Waals surface area contributed by atoms with Crippen LogP contribution in [0.25, 0.3) is 16.5 Å². The minimum absolute atomic E-state index is 0.775. The van der Waals surface area contributed by atoms with Crippen LogP contribution in [0.5, 0.6) is 0 Å². The lowest BCUT2D eigenvalue weighted by Crippen LogP contribution is -2.17. The van der Waals surface area contributed by atoms with Crippen LogP contribution in [-0.4, -0.2) is 27.6 Å². The van der Waals surface area contributed by atoms with Crippen molar-refractivity contribution in [2.45, 2.75) is 13.1 Å². The van der Waals surface area contributed by atoms with Crippen LogP contribution in [0.3, 0.4) is 0 Å². The van der Waals surface area contributed by atoms with E-state index in [0.717, 1.165) is 46.8 Å². The van der Waals surface area contributed by atoms with Gasteiger partial charge in [-0.25, -0.2) is 0 Å². The summed E-state index contributed by atoms with van der Waals surface area (Å²) >= 11 is 0. The van der Waals surface area contributed by atoms with Gasteiger partial charge in [-0.15, -0.1) is 0 Å². The van der Waals surface area contributed by atoms with Gasteiger partial charge in [-0.3, -0.25) is 15.3 Å². The maximum absolute atomic E-state index is 4.44. The van der Waals surface area contributed by atoms with Crippen LogP contribution in [-0.2, 0) is 13.1 Å². The molecule has 2 aromatic heterocycles. The average molecular weight is 420 g/mol. The molecule has 32 heavy (non-hydrogen) atoms.